The first-order valence-corrected chi connectivity index (χ1v) is 12.9. The molecule has 186 valence electrons. The molecule has 0 saturated carbocycles. The van der Waals surface area contributed by atoms with E-state index in [-0.39, 0.29) is 36.1 Å². The van der Waals surface area contributed by atoms with Gasteiger partial charge in [0.1, 0.15) is 16.2 Å². The lowest BCUT2D eigenvalue weighted by Crippen LogP contribution is -2.44. The molecule has 1 aromatic carbocycles. The van der Waals surface area contributed by atoms with Gasteiger partial charge in [0.25, 0.3) is 0 Å². The fourth-order valence-corrected chi connectivity index (χ4v) is 6.51. The van der Waals surface area contributed by atoms with Crippen LogP contribution < -0.4 is 10.1 Å². The summed E-state index contributed by atoms with van der Waals surface area (Å²) in [5.74, 6) is -0.810. The number of carbonyl (C=O) groups excluding carboxylic acids is 2. The van der Waals surface area contributed by atoms with E-state index < -0.39 is 21.9 Å². The number of amides is 1. The molecule has 0 radical (unpaired) electrons. The monoisotopic (exact) mass is 491 g/mol. The van der Waals surface area contributed by atoms with E-state index in [2.05, 4.69) is 5.32 Å². The number of methoxy groups -OCH3 is 1. The normalized spacial score (nSPS) is 16.8. The Kier molecular flexibility index (Phi) is 8.04. The average molecular weight is 492 g/mol. The van der Waals surface area contributed by atoms with Crippen LogP contribution in [0.5, 0.6) is 5.75 Å². The van der Waals surface area contributed by atoms with Gasteiger partial charge >= 0.3 is 5.97 Å². The number of benzene rings is 1. The van der Waals surface area contributed by atoms with Crippen LogP contribution in [0.25, 0.3) is 0 Å². The number of sulfonamides is 1. The van der Waals surface area contributed by atoms with Crippen molar-refractivity contribution in [2.45, 2.75) is 52.0 Å². The molecule has 0 aliphatic carbocycles. The first-order valence-electron chi connectivity index (χ1n) is 11.5. The first-order chi connectivity index (χ1) is 16.1. The zero-order valence-corrected chi connectivity index (χ0v) is 21.2. The van der Waals surface area contributed by atoms with Gasteiger partial charge in [0.2, 0.25) is 15.9 Å². The van der Waals surface area contributed by atoms with Crippen LogP contribution in [0, 0.1) is 19.8 Å². The Bertz CT molecular complexity index is 1170. The van der Waals surface area contributed by atoms with E-state index in [9.17, 15) is 18.0 Å². The molecule has 10 heteroatoms. The summed E-state index contributed by atoms with van der Waals surface area (Å²) in [4.78, 5) is 25.7. The summed E-state index contributed by atoms with van der Waals surface area (Å²) in [6.07, 6.45) is 1.11. The lowest BCUT2D eigenvalue weighted by molar-refractivity contribution is -0.120. The van der Waals surface area contributed by atoms with E-state index >= 15 is 0 Å². The van der Waals surface area contributed by atoms with Crippen LogP contribution >= 0.6 is 0 Å². The highest BCUT2D eigenvalue weighted by molar-refractivity contribution is 7.89. The predicted molar refractivity (Wildman–Crippen MR) is 129 cm³/mol. The molecule has 2 heterocycles. The van der Waals surface area contributed by atoms with Crippen molar-refractivity contribution >= 4 is 27.6 Å². The van der Waals surface area contributed by atoms with E-state index in [4.69, 9.17) is 9.47 Å². The minimum Gasteiger partial charge on any atom is -0.497 e. The Hall–Kier alpha value is -2.85. The van der Waals surface area contributed by atoms with Crippen molar-refractivity contribution in [2.75, 3.05) is 32.1 Å². The molecule has 1 saturated heterocycles. The van der Waals surface area contributed by atoms with Crippen molar-refractivity contribution < 1.29 is 27.5 Å². The van der Waals surface area contributed by atoms with Gasteiger partial charge in [-0.15, -0.1) is 0 Å². The van der Waals surface area contributed by atoms with E-state index in [1.807, 2.05) is 6.92 Å². The number of piperidine rings is 1. The van der Waals surface area contributed by atoms with Crippen molar-refractivity contribution in [3.63, 3.8) is 0 Å². The minimum atomic E-state index is -4.04. The second kappa shape index (κ2) is 10.6. The van der Waals surface area contributed by atoms with Crippen LogP contribution in [0.3, 0.4) is 0 Å². The molecule has 1 fully saturated rings. The number of carbonyl (C=O) groups is 2. The summed E-state index contributed by atoms with van der Waals surface area (Å²) in [5, 5.41) is 2.86. The van der Waals surface area contributed by atoms with Crippen molar-refractivity contribution in [2.24, 2.45) is 5.92 Å². The molecule has 34 heavy (non-hydrogen) atoms. The second-order valence-electron chi connectivity index (χ2n) is 8.26. The molecule has 2 aromatic rings. The highest BCUT2D eigenvalue weighted by Gasteiger charge is 2.39. The Morgan fingerprint density at radius 1 is 1.18 bits per heavy atom. The molecule has 9 nitrogen and oxygen atoms in total. The molecule has 1 amide bonds. The maximum absolute atomic E-state index is 13.8. The third-order valence-electron chi connectivity index (χ3n) is 6.21. The number of rotatable bonds is 8. The van der Waals surface area contributed by atoms with Gasteiger partial charge < -0.3 is 19.4 Å². The number of hydrogen-bond donors (Lipinski definition) is 1. The third kappa shape index (κ3) is 4.97. The lowest BCUT2D eigenvalue weighted by Gasteiger charge is -2.31. The Morgan fingerprint density at radius 2 is 1.91 bits per heavy atom. The summed E-state index contributed by atoms with van der Waals surface area (Å²) in [5.41, 5.74) is 1.71. The molecular formula is C24H33N3O6S. The summed E-state index contributed by atoms with van der Waals surface area (Å²) in [6, 6.07) is 7.01. The van der Waals surface area contributed by atoms with E-state index in [1.165, 1.54) is 4.31 Å². The van der Waals surface area contributed by atoms with E-state index in [0.717, 1.165) is 0 Å². The van der Waals surface area contributed by atoms with E-state index in [0.29, 0.717) is 42.2 Å². The fraction of sp³-hybridized carbons (Fsp3) is 0.500. The quantitative estimate of drug-likeness (QED) is 0.568. The number of nitrogens with one attached hydrogen (secondary N) is 1. The molecule has 1 aliphatic rings. The van der Waals surface area contributed by atoms with Crippen LogP contribution in [0.1, 0.15) is 48.4 Å². The van der Waals surface area contributed by atoms with Crippen LogP contribution in [0.4, 0.5) is 5.69 Å². The van der Waals surface area contributed by atoms with Crippen LogP contribution in [0.2, 0.25) is 0 Å². The van der Waals surface area contributed by atoms with Gasteiger partial charge in [-0.2, -0.15) is 4.31 Å². The summed E-state index contributed by atoms with van der Waals surface area (Å²) in [6.45, 7) is 7.98. The SMILES string of the molecule is CCOC(=O)c1c(S(=O)(=O)N2CCC[C@@H](C(=O)Nc3cccc(OC)c3)C2)c(C)n(CC)c1C. The maximum Gasteiger partial charge on any atom is 0.341 e. The number of esters is 1. The molecule has 1 atom stereocenters. The minimum absolute atomic E-state index is 0.0286. The van der Waals surface area contributed by atoms with Crippen molar-refractivity contribution in [3.05, 3.63) is 41.2 Å². The molecule has 1 N–H and O–H groups in total. The number of anilines is 1. The van der Waals surface area contributed by atoms with Gasteiger partial charge in [0, 0.05) is 42.8 Å². The van der Waals surface area contributed by atoms with Gasteiger partial charge in [-0.3, -0.25) is 4.79 Å². The number of hydrogen-bond acceptors (Lipinski definition) is 6. The summed E-state index contributed by atoms with van der Waals surface area (Å²) >= 11 is 0. The van der Waals surface area contributed by atoms with Crippen LogP contribution in [-0.2, 0) is 26.1 Å². The number of ether oxygens (including phenoxy) is 2. The third-order valence-corrected chi connectivity index (χ3v) is 8.24. The Morgan fingerprint density at radius 3 is 2.56 bits per heavy atom. The Balaban J connectivity index is 1.89. The molecule has 0 spiro atoms. The molecule has 0 unspecified atom stereocenters. The standard InChI is InChI=1S/C24H33N3O6S/c1-6-27-16(3)21(24(29)33-7-2)22(17(27)4)34(30,31)26-13-9-10-18(15-26)23(28)25-19-11-8-12-20(14-19)32-5/h8,11-12,14,18H,6-7,9-10,13,15H2,1-5H3,(H,25,28)/t18-/m1/s1. The van der Waals surface area contributed by atoms with Gasteiger partial charge in [-0.25, -0.2) is 13.2 Å². The molecule has 1 aromatic heterocycles. The zero-order valence-electron chi connectivity index (χ0n) is 20.4. The van der Waals surface area contributed by atoms with Crippen LogP contribution in [0.15, 0.2) is 29.2 Å². The zero-order chi connectivity index (χ0) is 25.0. The fourth-order valence-electron chi connectivity index (χ4n) is 4.54. The van der Waals surface area contributed by atoms with Crippen molar-refractivity contribution in [1.29, 1.82) is 0 Å². The van der Waals surface area contributed by atoms with Crippen molar-refractivity contribution in [3.8, 4) is 5.75 Å². The second-order valence-corrected chi connectivity index (χ2v) is 10.1. The van der Waals surface area contributed by atoms with E-state index in [1.54, 1.807) is 56.7 Å². The van der Waals surface area contributed by atoms with Gasteiger partial charge in [-0.1, -0.05) is 6.07 Å². The molecule has 1 aliphatic heterocycles. The van der Waals surface area contributed by atoms with Gasteiger partial charge in [0.05, 0.1) is 19.6 Å². The largest absolute Gasteiger partial charge is 0.497 e. The highest BCUT2D eigenvalue weighted by atomic mass is 32.2. The van der Waals surface area contributed by atoms with Crippen molar-refractivity contribution in [1.82, 2.24) is 8.87 Å². The van der Waals surface area contributed by atoms with Gasteiger partial charge in [-0.05, 0) is 52.7 Å². The lowest BCUT2D eigenvalue weighted by atomic mass is 9.98. The predicted octanol–water partition coefficient (Wildman–Crippen LogP) is 3.35. The first kappa shape index (κ1) is 25.8. The topological polar surface area (TPSA) is 107 Å². The maximum atomic E-state index is 13.8. The smallest absolute Gasteiger partial charge is 0.341 e. The summed E-state index contributed by atoms with van der Waals surface area (Å²) in [7, 11) is -2.49. The average Bonchev–Trinajstić information content (AvgIpc) is 3.09. The molecular weight excluding hydrogens is 458 g/mol. The number of nitrogens with zero attached hydrogens (tertiary/aromatic N) is 2. The van der Waals surface area contributed by atoms with Gasteiger partial charge in [0.15, 0.2) is 0 Å². The number of aromatic nitrogens is 1. The molecule has 0 bridgehead atoms. The summed E-state index contributed by atoms with van der Waals surface area (Å²) < 4.78 is 41.1. The Labute approximate surface area is 201 Å². The highest BCUT2D eigenvalue weighted by Crippen LogP contribution is 2.33. The van der Waals surface area contributed by atoms with Crippen LogP contribution in [-0.4, -0.2) is 56.0 Å². The molecule has 3 rings (SSSR count).